The third-order valence-corrected chi connectivity index (χ3v) is 4.72. The summed E-state index contributed by atoms with van der Waals surface area (Å²) in [5, 5.41) is 14.0. The highest BCUT2D eigenvalue weighted by Crippen LogP contribution is 2.30. The molecule has 2 unspecified atom stereocenters. The van der Waals surface area contributed by atoms with Gasteiger partial charge in [-0.05, 0) is 30.9 Å². The van der Waals surface area contributed by atoms with Crippen LogP contribution in [0.15, 0.2) is 18.2 Å². The van der Waals surface area contributed by atoms with Crippen molar-refractivity contribution < 1.29 is 14.6 Å². The van der Waals surface area contributed by atoms with Gasteiger partial charge in [-0.15, -0.1) is 0 Å². The lowest BCUT2D eigenvalue weighted by Crippen LogP contribution is -2.42. The van der Waals surface area contributed by atoms with Crippen LogP contribution in [0.25, 0.3) is 0 Å². The maximum atomic E-state index is 12.3. The molecule has 1 aliphatic rings. The molecule has 1 saturated carbocycles. The van der Waals surface area contributed by atoms with Gasteiger partial charge in [0, 0.05) is 11.4 Å². The minimum atomic E-state index is -0.237. The summed E-state index contributed by atoms with van der Waals surface area (Å²) < 4.78 is 5.03. The summed E-state index contributed by atoms with van der Waals surface area (Å²) in [6.45, 7) is 0. The average molecular weight is 342 g/mol. The van der Waals surface area contributed by atoms with Crippen molar-refractivity contribution in [2.24, 2.45) is 5.92 Å². The van der Waals surface area contributed by atoms with Crippen molar-refractivity contribution in [1.29, 1.82) is 0 Å². The molecule has 110 valence electrons. The SMILES string of the molecule is COc1cccc(C(=O)NC2CCCCC2CBr)c1O. The molecule has 2 N–H and O–H groups in total. The zero-order valence-corrected chi connectivity index (χ0v) is 13.1. The van der Waals surface area contributed by atoms with Gasteiger partial charge in [-0.1, -0.05) is 34.8 Å². The van der Waals surface area contributed by atoms with Gasteiger partial charge >= 0.3 is 0 Å². The lowest BCUT2D eigenvalue weighted by molar-refractivity contribution is 0.0908. The molecule has 0 spiro atoms. The number of para-hydroxylation sites is 1. The van der Waals surface area contributed by atoms with Crippen molar-refractivity contribution in [2.75, 3.05) is 12.4 Å². The number of nitrogens with one attached hydrogen (secondary N) is 1. The molecule has 2 atom stereocenters. The smallest absolute Gasteiger partial charge is 0.255 e. The first-order chi connectivity index (χ1) is 9.67. The summed E-state index contributed by atoms with van der Waals surface area (Å²) >= 11 is 3.51. The van der Waals surface area contributed by atoms with Crippen molar-refractivity contribution in [3.05, 3.63) is 23.8 Å². The Balaban J connectivity index is 2.11. The quantitative estimate of drug-likeness (QED) is 0.827. The predicted octanol–water partition coefficient (Wildman–Crippen LogP) is 3.08. The Morgan fingerprint density at radius 2 is 2.20 bits per heavy atom. The molecule has 1 aromatic carbocycles. The second kappa shape index (κ2) is 6.97. The minimum absolute atomic E-state index is 0.0984. The number of phenols is 1. The Hall–Kier alpha value is -1.23. The van der Waals surface area contributed by atoms with E-state index in [-0.39, 0.29) is 23.3 Å². The maximum absolute atomic E-state index is 12.3. The summed E-state index contributed by atoms with van der Waals surface area (Å²) in [4.78, 5) is 12.3. The summed E-state index contributed by atoms with van der Waals surface area (Å²) in [6.07, 6.45) is 4.47. The van der Waals surface area contributed by atoms with Crippen molar-refractivity contribution in [2.45, 2.75) is 31.7 Å². The fourth-order valence-electron chi connectivity index (χ4n) is 2.70. The van der Waals surface area contributed by atoms with Crippen LogP contribution >= 0.6 is 15.9 Å². The predicted molar refractivity (Wildman–Crippen MR) is 81.7 cm³/mol. The van der Waals surface area contributed by atoms with Gasteiger partial charge in [-0.2, -0.15) is 0 Å². The van der Waals surface area contributed by atoms with Crippen molar-refractivity contribution in [1.82, 2.24) is 5.32 Å². The van der Waals surface area contributed by atoms with E-state index in [2.05, 4.69) is 21.2 Å². The molecule has 0 aromatic heterocycles. The number of carbonyl (C=O) groups excluding carboxylic acids is 1. The number of benzene rings is 1. The van der Waals surface area contributed by atoms with Crippen LogP contribution in [0.4, 0.5) is 0 Å². The molecular formula is C15H20BrNO3. The number of alkyl halides is 1. The summed E-state index contributed by atoms with van der Waals surface area (Å²) in [5.41, 5.74) is 0.267. The second-order valence-corrected chi connectivity index (χ2v) is 5.78. The topological polar surface area (TPSA) is 58.6 Å². The number of ether oxygens (including phenoxy) is 1. The summed E-state index contributed by atoms with van der Waals surface area (Å²) in [7, 11) is 1.47. The number of phenolic OH excluding ortho intramolecular Hbond substituents is 1. The first-order valence-electron chi connectivity index (χ1n) is 6.90. The number of hydrogen-bond acceptors (Lipinski definition) is 3. The first-order valence-corrected chi connectivity index (χ1v) is 8.02. The molecule has 20 heavy (non-hydrogen) atoms. The van der Waals surface area contributed by atoms with Crippen LogP contribution in [0, 0.1) is 5.92 Å². The van der Waals surface area contributed by atoms with E-state index in [0.717, 1.165) is 24.6 Å². The normalized spacial score (nSPS) is 22.3. The highest BCUT2D eigenvalue weighted by molar-refractivity contribution is 9.09. The molecule has 5 heteroatoms. The van der Waals surface area contributed by atoms with E-state index < -0.39 is 0 Å². The number of amides is 1. The molecule has 0 heterocycles. The standard InChI is InChI=1S/C15H20BrNO3/c1-20-13-8-4-6-11(14(13)18)15(19)17-12-7-3-2-5-10(12)9-16/h4,6,8,10,12,18H,2-3,5,7,9H2,1H3,(H,17,19). The first kappa shape index (κ1) is 15.2. The maximum Gasteiger partial charge on any atom is 0.255 e. The van der Waals surface area contributed by atoms with E-state index in [9.17, 15) is 9.90 Å². The molecule has 0 saturated heterocycles. The third-order valence-electron chi connectivity index (χ3n) is 3.89. The third kappa shape index (κ3) is 3.26. The van der Waals surface area contributed by atoms with Gasteiger partial charge < -0.3 is 15.2 Å². The number of halogens is 1. The van der Waals surface area contributed by atoms with Crippen LogP contribution in [0.2, 0.25) is 0 Å². The number of methoxy groups -OCH3 is 1. The molecule has 2 rings (SSSR count). The van der Waals surface area contributed by atoms with E-state index in [1.54, 1.807) is 18.2 Å². The van der Waals surface area contributed by atoms with Crippen molar-refractivity contribution in [3.8, 4) is 11.5 Å². The molecule has 1 aliphatic carbocycles. The lowest BCUT2D eigenvalue weighted by atomic mass is 9.86. The van der Waals surface area contributed by atoms with E-state index in [1.165, 1.54) is 13.5 Å². The molecule has 1 amide bonds. The minimum Gasteiger partial charge on any atom is -0.504 e. The molecule has 0 radical (unpaired) electrons. The van der Waals surface area contributed by atoms with Crippen LogP contribution in [-0.2, 0) is 0 Å². The largest absolute Gasteiger partial charge is 0.504 e. The molecule has 0 bridgehead atoms. The van der Waals surface area contributed by atoms with Crippen molar-refractivity contribution in [3.63, 3.8) is 0 Å². The number of carbonyl (C=O) groups is 1. The Kier molecular flexibility index (Phi) is 5.29. The molecule has 4 nitrogen and oxygen atoms in total. The molecular weight excluding hydrogens is 322 g/mol. The van der Waals surface area contributed by atoms with Gasteiger partial charge in [-0.25, -0.2) is 0 Å². The van der Waals surface area contributed by atoms with Gasteiger partial charge in [-0.3, -0.25) is 4.79 Å². The zero-order chi connectivity index (χ0) is 14.5. The Labute approximate surface area is 127 Å². The van der Waals surface area contributed by atoms with Crippen LogP contribution in [0.5, 0.6) is 11.5 Å². The van der Waals surface area contributed by atoms with Crippen LogP contribution < -0.4 is 10.1 Å². The van der Waals surface area contributed by atoms with E-state index in [4.69, 9.17) is 4.74 Å². The van der Waals surface area contributed by atoms with Crippen LogP contribution in [0.1, 0.15) is 36.0 Å². The van der Waals surface area contributed by atoms with Gasteiger partial charge in [0.1, 0.15) is 0 Å². The van der Waals surface area contributed by atoms with Crippen molar-refractivity contribution >= 4 is 21.8 Å². The zero-order valence-electron chi connectivity index (χ0n) is 11.6. The van der Waals surface area contributed by atoms with E-state index >= 15 is 0 Å². The molecule has 0 aliphatic heterocycles. The Morgan fingerprint density at radius 1 is 1.45 bits per heavy atom. The lowest BCUT2D eigenvalue weighted by Gasteiger charge is -2.31. The fraction of sp³-hybridized carbons (Fsp3) is 0.533. The number of rotatable bonds is 4. The molecule has 1 aromatic rings. The van der Waals surface area contributed by atoms with Gasteiger partial charge in [0.2, 0.25) is 0 Å². The van der Waals surface area contributed by atoms with E-state index in [1.807, 2.05) is 0 Å². The Morgan fingerprint density at radius 3 is 2.90 bits per heavy atom. The second-order valence-electron chi connectivity index (χ2n) is 5.14. The molecule has 1 fully saturated rings. The highest BCUT2D eigenvalue weighted by Gasteiger charge is 2.27. The van der Waals surface area contributed by atoms with Gasteiger partial charge in [0.05, 0.1) is 12.7 Å². The summed E-state index contributed by atoms with van der Waals surface area (Å²) in [6, 6.07) is 5.12. The fourth-order valence-corrected chi connectivity index (χ4v) is 3.47. The van der Waals surface area contributed by atoms with Gasteiger partial charge in [0.15, 0.2) is 11.5 Å². The van der Waals surface area contributed by atoms with Crippen LogP contribution in [0.3, 0.4) is 0 Å². The number of hydrogen-bond donors (Lipinski definition) is 2. The van der Waals surface area contributed by atoms with Gasteiger partial charge in [0.25, 0.3) is 5.91 Å². The highest BCUT2D eigenvalue weighted by atomic mass is 79.9. The van der Waals surface area contributed by atoms with E-state index in [0.29, 0.717) is 11.7 Å². The number of aromatic hydroxyl groups is 1. The monoisotopic (exact) mass is 341 g/mol. The average Bonchev–Trinajstić information content (AvgIpc) is 2.48. The Bertz CT molecular complexity index is 478. The summed E-state index contributed by atoms with van der Waals surface area (Å²) in [5.74, 6) is 0.441. The van der Waals surface area contributed by atoms with Crippen LogP contribution in [-0.4, -0.2) is 29.5 Å².